The van der Waals surface area contributed by atoms with Gasteiger partial charge in [0, 0.05) is 6.42 Å². The molecule has 0 saturated carbocycles. The Morgan fingerprint density at radius 1 is 0.864 bits per heavy atom. The first-order valence-corrected chi connectivity index (χ1v) is 7.07. The number of ether oxygens (including phenoxy) is 1. The number of aromatic nitrogens is 2. The van der Waals surface area contributed by atoms with Crippen LogP contribution >= 0.6 is 0 Å². The number of aliphatic hydroxyl groups is 1. The summed E-state index contributed by atoms with van der Waals surface area (Å²) in [4.78, 5) is 0. The fourth-order valence-corrected chi connectivity index (χ4v) is 2.03. The molecule has 0 aliphatic carbocycles. The highest BCUT2D eigenvalue weighted by Gasteiger charge is 2.07. The number of hydrogen-bond donors (Lipinski definition) is 1. The predicted octanol–water partition coefficient (Wildman–Crippen LogP) is 2.99. The Kier molecular flexibility index (Phi) is 4.46. The van der Waals surface area contributed by atoms with Gasteiger partial charge in [-0.1, -0.05) is 30.3 Å². The van der Waals surface area contributed by atoms with Crippen LogP contribution in [-0.2, 0) is 12.8 Å². The first-order valence-electron chi connectivity index (χ1n) is 7.07. The van der Waals surface area contributed by atoms with Crippen LogP contribution in [0.15, 0.2) is 59.0 Å². The van der Waals surface area contributed by atoms with Crippen molar-refractivity contribution in [3.63, 3.8) is 0 Å². The van der Waals surface area contributed by atoms with Crippen LogP contribution in [0.25, 0.3) is 0 Å². The first-order chi connectivity index (χ1) is 10.8. The molecule has 0 bridgehead atoms. The van der Waals surface area contributed by atoms with Gasteiger partial charge < -0.3 is 14.3 Å². The van der Waals surface area contributed by atoms with E-state index in [2.05, 4.69) is 10.2 Å². The van der Waals surface area contributed by atoms with E-state index in [0.717, 1.165) is 17.1 Å². The lowest BCUT2D eigenvalue weighted by Gasteiger charge is -2.05. The van der Waals surface area contributed by atoms with Crippen LogP contribution in [0.4, 0.5) is 0 Å². The van der Waals surface area contributed by atoms with Gasteiger partial charge in [0.05, 0.1) is 13.0 Å². The highest BCUT2D eigenvalue weighted by molar-refractivity contribution is 5.33. The molecule has 0 aliphatic heterocycles. The van der Waals surface area contributed by atoms with E-state index in [9.17, 15) is 0 Å². The van der Waals surface area contributed by atoms with E-state index < -0.39 is 0 Å². The van der Waals surface area contributed by atoms with Crippen molar-refractivity contribution in [3.8, 4) is 11.5 Å². The average molecular weight is 296 g/mol. The molecule has 0 saturated heterocycles. The molecule has 3 aromatic rings. The fraction of sp³-hybridized carbons (Fsp3) is 0.176. The molecule has 1 heterocycles. The van der Waals surface area contributed by atoms with Gasteiger partial charge in [0.1, 0.15) is 11.5 Å². The summed E-state index contributed by atoms with van der Waals surface area (Å²) >= 11 is 0. The normalized spacial score (nSPS) is 10.6. The van der Waals surface area contributed by atoms with Crippen molar-refractivity contribution in [1.82, 2.24) is 10.2 Å². The molecule has 2 aromatic carbocycles. The van der Waals surface area contributed by atoms with Crippen molar-refractivity contribution < 1.29 is 14.3 Å². The standard InChI is InChI=1S/C17H16N2O3/c20-11-10-16-18-19-17(22-16)12-13-6-8-15(9-7-13)21-14-4-2-1-3-5-14/h1-9,20H,10-12H2. The van der Waals surface area contributed by atoms with Gasteiger partial charge in [-0.2, -0.15) is 0 Å². The topological polar surface area (TPSA) is 68.4 Å². The van der Waals surface area contributed by atoms with Gasteiger partial charge in [-0.15, -0.1) is 10.2 Å². The smallest absolute Gasteiger partial charge is 0.220 e. The monoisotopic (exact) mass is 296 g/mol. The van der Waals surface area contributed by atoms with E-state index in [0.29, 0.717) is 24.6 Å². The summed E-state index contributed by atoms with van der Waals surface area (Å²) in [5.41, 5.74) is 1.06. The van der Waals surface area contributed by atoms with Gasteiger partial charge in [-0.3, -0.25) is 0 Å². The van der Waals surface area contributed by atoms with Crippen LogP contribution in [0.2, 0.25) is 0 Å². The minimum Gasteiger partial charge on any atom is -0.457 e. The van der Waals surface area contributed by atoms with E-state index in [-0.39, 0.29) is 6.61 Å². The molecule has 0 atom stereocenters. The van der Waals surface area contributed by atoms with Crippen LogP contribution in [0.3, 0.4) is 0 Å². The molecule has 112 valence electrons. The number of para-hydroxylation sites is 1. The van der Waals surface area contributed by atoms with E-state index in [1.165, 1.54) is 0 Å². The number of rotatable bonds is 6. The van der Waals surface area contributed by atoms with Crippen molar-refractivity contribution in [2.45, 2.75) is 12.8 Å². The zero-order chi connectivity index (χ0) is 15.2. The molecule has 0 aliphatic rings. The Morgan fingerprint density at radius 3 is 2.27 bits per heavy atom. The zero-order valence-corrected chi connectivity index (χ0v) is 12.0. The first kappa shape index (κ1) is 14.3. The lowest BCUT2D eigenvalue weighted by molar-refractivity contribution is 0.283. The van der Waals surface area contributed by atoms with Crippen molar-refractivity contribution in [2.75, 3.05) is 6.61 Å². The lowest BCUT2D eigenvalue weighted by atomic mass is 10.1. The Morgan fingerprint density at radius 2 is 1.55 bits per heavy atom. The quantitative estimate of drug-likeness (QED) is 0.757. The minimum atomic E-state index is 0.00710. The van der Waals surface area contributed by atoms with Crippen LogP contribution < -0.4 is 4.74 Å². The number of aliphatic hydroxyl groups excluding tert-OH is 1. The number of benzene rings is 2. The van der Waals surface area contributed by atoms with Crippen LogP contribution in [0, 0.1) is 0 Å². The highest BCUT2D eigenvalue weighted by Crippen LogP contribution is 2.21. The second-order valence-corrected chi connectivity index (χ2v) is 4.80. The molecule has 22 heavy (non-hydrogen) atoms. The Labute approximate surface area is 128 Å². The number of nitrogens with zero attached hydrogens (tertiary/aromatic N) is 2. The average Bonchev–Trinajstić information content (AvgIpc) is 2.98. The Balaban J connectivity index is 1.63. The van der Waals surface area contributed by atoms with Gasteiger partial charge in [0.2, 0.25) is 11.8 Å². The van der Waals surface area contributed by atoms with Gasteiger partial charge >= 0.3 is 0 Å². The maximum atomic E-state index is 8.83. The second-order valence-electron chi connectivity index (χ2n) is 4.80. The molecule has 3 rings (SSSR count). The molecular formula is C17H16N2O3. The van der Waals surface area contributed by atoms with Crippen molar-refractivity contribution in [2.24, 2.45) is 0 Å². The van der Waals surface area contributed by atoms with Gasteiger partial charge in [0.15, 0.2) is 0 Å². The van der Waals surface area contributed by atoms with Crippen LogP contribution in [-0.4, -0.2) is 21.9 Å². The third-order valence-electron chi connectivity index (χ3n) is 3.09. The summed E-state index contributed by atoms with van der Waals surface area (Å²) < 4.78 is 11.2. The van der Waals surface area contributed by atoms with E-state index >= 15 is 0 Å². The van der Waals surface area contributed by atoms with Crippen molar-refractivity contribution >= 4 is 0 Å². The van der Waals surface area contributed by atoms with E-state index in [1.54, 1.807) is 0 Å². The molecule has 1 N–H and O–H groups in total. The third-order valence-corrected chi connectivity index (χ3v) is 3.09. The molecule has 0 spiro atoms. The van der Waals surface area contributed by atoms with Crippen molar-refractivity contribution in [3.05, 3.63) is 71.9 Å². The van der Waals surface area contributed by atoms with E-state index in [4.69, 9.17) is 14.3 Å². The molecule has 5 nitrogen and oxygen atoms in total. The largest absolute Gasteiger partial charge is 0.457 e. The van der Waals surface area contributed by atoms with Crippen LogP contribution in [0.5, 0.6) is 11.5 Å². The summed E-state index contributed by atoms with van der Waals surface area (Å²) in [5.74, 6) is 2.59. The van der Waals surface area contributed by atoms with Gasteiger partial charge in [0.25, 0.3) is 0 Å². The molecule has 5 heteroatoms. The molecular weight excluding hydrogens is 280 g/mol. The maximum absolute atomic E-state index is 8.83. The molecule has 0 unspecified atom stereocenters. The summed E-state index contributed by atoms with van der Waals surface area (Å²) in [6.07, 6.45) is 0.945. The summed E-state index contributed by atoms with van der Waals surface area (Å²) in [6.45, 7) is 0.00710. The van der Waals surface area contributed by atoms with Crippen LogP contribution in [0.1, 0.15) is 17.3 Å². The molecule has 0 amide bonds. The molecule has 0 fully saturated rings. The highest BCUT2D eigenvalue weighted by atomic mass is 16.5. The Hall–Kier alpha value is -2.66. The molecule has 0 radical (unpaired) electrons. The van der Waals surface area contributed by atoms with Crippen molar-refractivity contribution in [1.29, 1.82) is 0 Å². The van der Waals surface area contributed by atoms with Gasteiger partial charge in [-0.05, 0) is 29.8 Å². The fourth-order valence-electron chi connectivity index (χ4n) is 2.03. The summed E-state index contributed by atoms with van der Waals surface area (Å²) in [7, 11) is 0. The lowest BCUT2D eigenvalue weighted by Crippen LogP contribution is -1.89. The maximum Gasteiger partial charge on any atom is 0.220 e. The predicted molar refractivity (Wildman–Crippen MR) is 80.9 cm³/mol. The number of hydrogen-bond acceptors (Lipinski definition) is 5. The van der Waals surface area contributed by atoms with Gasteiger partial charge in [-0.25, -0.2) is 0 Å². The SMILES string of the molecule is OCCc1nnc(Cc2ccc(Oc3ccccc3)cc2)o1. The second kappa shape index (κ2) is 6.87. The Bertz CT molecular complexity index is 708. The molecule has 1 aromatic heterocycles. The van der Waals surface area contributed by atoms with E-state index in [1.807, 2.05) is 54.6 Å². The minimum absolute atomic E-state index is 0.00710. The third kappa shape index (κ3) is 3.71. The zero-order valence-electron chi connectivity index (χ0n) is 12.0. The summed E-state index contributed by atoms with van der Waals surface area (Å²) in [5, 5.41) is 16.7. The summed E-state index contributed by atoms with van der Waals surface area (Å²) in [6, 6.07) is 17.4.